The Morgan fingerprint density at radius 1 is 0.851 bits per heavy atom. The van der Waals surface area contributed by atoms with Crippen LogP contribution in [0.1, 0.15) is 60.0 Å². The van der Waals surface area contributed by atoms with Gasteiger partial charge in [0.1, 0.15) is 35.4 Å². The molecule has 0 aliphatic carbocycles. The fraction of sp³-hybridized carbons (Fsp3) is 0.367. The Bertz CT molecular complexity index is 2590. The van der Waals surface area contributed by atoms with Gasteiger partial charge in [-0.1, -0.05) is 122 Å². The SMILES string of the molecule is COc1ccc(C(OC[C@H]2O[C@@H](n3cnc4c(=O)[nH]c(NC(=O)C(C)C)nc43)[C@H](OC)[C@@H]2OP(SCCSC(=O)c2ccccc2)N2CCCC2)(c2ccccc2)c2ccc(OC)cc2)cc1. The molecule has 67 heavy (non-hydrogen) atoms. The van der Waals surface area contributed by atoms with Gasteiger partial charge in [0.2, 0.25) is 17.0 Å². The number of thioether (sulfide) groups is 1. The van der Waals surface area contributed by atoms with Gasteiger partial charge in [0.15, 0.2) is 24.9 Å². The van der Waals surface area contributed by atoms with E-state index in [4.69, 9.17) is 28.2 Å². The number of carbonyl (C=O) groups excluding carboxylic acids is 2. The van der Waals surface area contributed by atoms with E-state index in [-0.39, 0.29) is 40.7 Å². The lowest BCUT2D eigenvalue weighted by molar-refractivity contribution is -0.118. The number of ether oxygens (including phenoxy) is 5. The van der Waals surface area contributed by atoms with Crippen molar-refractivity contribution < 1.29 is 37.8 Å². The standard InChI is InChI=1S/C49H55N6O9PS2/c1-32(2)44(56)52-48-51-43-40(45(57)53-48)50-31-55(43)46-42(61-5)41(64-65(54-26-12-13-27-54)67-29-28-66-47(58)33-14-8-6-9-15-33)39(63-46)30-62-49(34-16-10-7-11-17-34,35-18-22-37(59-3)23-19-35)36-20-24-38(60-4)25-21-36/h6-11,14-25,31-32,39,41-42,46H,12-13,26-30H2,1-5H3,(H2,51,52,53,56,57)/t39-,41-,42-,46-,65?/m1/s1. The number of anilines is 1. The lowest BCUT2D eigenvalue weighted by Gasteiger charge is -2.38. The highest BCUT2D eigenvalue weighted by atomic mass is 32.7. The first-order valence-corrected chi connectivity index (χ1v) is 25.9. The Labute approximate surface area is 399 Å². The molecule has 1 amide bonds. The number of rotatable bonds is 20. The van der Waals surface area contributed by atoms with Crippen LogP contribution in [0.3, 0.4) is 0 Å². The van der Waals surface area contributed by atoms with Crippen LogP contribution in [0.4, 0.5) is 5.95 Å². The van der Waals surface area contributed by atoms with Gasteiger partial charge in [0.25, 0.3) is 5.56 Å². The molecule has 4 heterocycles. The molecular weight excluding hydrogens is 912 g/mol. The Kier molecular flexibility index (Phi) is 16.1. The average molecular weight is 967 g/mol. The second-order valence-electron chi connectivity index (χ2n) is 16.3. The van der Waals surface area contributed by atoms with Gasteiger partial charge < -0.3 is 28.2 Å². The molecule has 0 bridgehead atoms. The molecule has 2 aliphatic heterocycles. The first kappa shape index (κ1) is 48.4. The third kappa shape index (κ3) is 10.8. The largest absolute Gasteiger partial charge is 0.497 e. The molecule has 2 aromatic heterocycles. The molecule has 18 heteroatoms. The fourth-order valence-corrected chi connectivity index (χ4v) is 13.5. The third-order valence-corrected chi connectivity index (χ3v) is 16.9. The summed E-state index contributed by atoms with van der Waals surface area (Å²) in [6.07, 6.45) is 0.451. The molecule has 2 fully saturated rings. The number of imidazole rings is 1. The molecule has 6 aromatic rings. The topological polar surface area (TPSA) is 168 Å². The van der Waals surface area contributed by atoms with Crippen molar-refractivity contribution in [1.29, 1.82) is 0 Å². The van der Waals surface area contributed by atoms with Crippen LogP contribution in [0.2, 0.25) is 0 Å². The summed E-state index contributed by atoms with van der Waals surface area (Å²) < 4.78 is 43.4. The summed E-state index contributed by atoms with van der Waals surface area (Å²) in [5.41, 5.74) is 1.80. The third-order valence-electron chi connectivity index (χ3n) is 11.7. The van der Waals surface area contributed by atoms with Crippen LogP contribution in [-0.2, 0) is 29.1 Å². The maximum absolute atomic E-state index is 13.4. The maximum Gasteiger partial charge on any atom is 0.280 e. The summed E-state index contributed by atoms with van der Waals surface area (Å²) in [7, 11) is 3.58. The van der Waals surface area contributed by atoms with Crippen LogP contribution in [0, 0.1) is 5.92 Å². The zero-order valence-corrected chi connectivity index (χ0v) is 40.6. The van der Waals surface area contributed by atoms with E-state index in [0.717, 1.165) is 42.6 Å². The second-order valence-corrected chi connectivity index (χ2v) is 21.0. The number of hydrogen-bond acceptors (Lipinski definition) is 14. The first-order chi connectivity index (χ1) is 32.6. The molecule has 0 spiro atoms. The van der Waals surface area contributed by atoms with E-state index >= 15 is 0 Å². The molecule has 0 saturated carbocycles. The summed E-state index contributed by atoms with van der Waals surface area (Å²) in [5, 5.41) is 2.74. The average Bonchev–Trinajstić information content (AvgIpc) is 4.13. The van der Waals surface area contributed by atoms with Gasteiger partial charge in [-0.15, -0.1) is 0 Å². The van der Waals surface area contributed by atoms with E-state index in [9.17, 15) is 14.4 Å². The summed E-state index contributed by atoms with van der Waals surface area (Å²) in [6.45, 7) is 5.24. The van der Waals surface area contributed by atoms with Gasteiger partial charge >= 0.3 is 0 Å². The quantitative estimate of drug-likeness (QED) is 0.0424. The van der Waals surface area contributed by atoms with E-state index in [1.807, 2.05) is 109 Å². The van der Waals surface area contributed by atoms with Crippen LogP contribution in [0.15, 0.2) is 120 Å². The molecule has 5 atom stereocenters. The minimum atomic E-state index is -1.30. The fourth-order valence-electron chi connectivity index (χ4n) is 8.21. The lowest BCUT2D eigenvalue weighted by atomic mass is 9.80. The van der Waals surface area contributed by atoms with Gasteiger partial charge in [0, 0.05) is 43.2 Å². The normalized spacial score (nSPS) is 19.2. The number of hydrogen-bond donors (Lipinski definition) is 2. The van der Waals surface area contributed by atoms with Gasteiger partial charge in [-0.05, 0) is 53.8 Å². The number of aromatic amines is 1. The van der Waals surface area contributed by atoms with Crippen molar-refractivity contribution in [3.8, 4) is 11.5 Å². The minimum Gasteiger partial charge on any atom is -0.497 e. The molecule has 4 aromatic carbocycles. The van der Waals surface area contributed by atoms with E-state index < -0.39 is 43.2 Å². The van der Waals surface area contributed by atoms with E-state index in [1.54, 1.807) is 51.1 Å². The summed E-state index contributed by atoms with van der Waals surface area (Å²) in [6, 6.07) is 35.0. The molecule has 2 saturated heterocycles. The van der Waals surface area contributed by atoms with Crippen LogP contribution < -0.4 is 20.3 Å². The van der Waals surface area contributed by atoms with E-state index in [2.05, 4.69) is 24.9 Å². The van der Waals surface area contributed by atoms with Crippen LogP contribution >= 0.6 is 30.6 Å². The summed E-state index contributed by atoms with van der Waals surface area (Å²) >= 11 is 2.99. The molecule has 352 valence electrons. The van der Waals surface area contributed by atoms with Crippen molar-refractivity contribution >= 4 is 58.8 Å². The molecule has 2 N–H and O–H groups in total. The van der Waals surface area contributed by atoms with Gasteiger partial charge in [-0.25, -0.2) is 4.98 Å². The molecule has 0 radical (unpaired) electrons. The Hall–Kier alpha value is -5.10. The summed E-state index contributed by atoms with van der Waals surface area (Å²) in [4.78, 5) is 51.0. The highest BCUT2D eigenvalue weighted by molar-refractivity contribution is 8.53. The second kappa shape index (κ2) is 22.3. The number of amides is 1. The smallest absolute Gasteiger partial charge is 0.280 e. The number of fused-ring (bicyclic) bond motifs is 1. The van der Waals surface area contributed by atoms with E-state index in [1.165, 1.54) is 18.1 Å². The number of nitrogens with one attached hydrogen (secondary N) is 2. The van der Waals surface area contributed by atoms with Gasteiger partial charge in [-0.2, -0.15) is 4.98 Å². The predicted molar refractivity (Wildman–Crippen MR) is 263 cm³/mol. The Balaban J connectivity index is 1.18. The Morgan fingerprint density at radius 3 is 2.06 bits per heavy atom. The Morgan fingerprint density at radius 2 is 1.46 bits per heavy atom. The number of methoxy groups -OCH3 is 3. The molecule has 1 unspecified atom stereocenters. The highest BCUT2D eigenvalue weighted by Crippen LogP contribution is 2.58. The lowest BCUT2D eigenvalue weighted by Crippen LogP contribution is -2.41. The van der Waals surface area contributed by atoms with Crippen molar-refractivity contribution in [1.82, 2.24) is 24.2 Å². The van der Waals surface area contributed by atoms with Crippen molar-refractivity contribution in [2.45, 2.75) is 56.8 Å². The maximum atomic E-state index is 13.4. The number of H-pyrrole nitrogens is 1. The van der Waals surface area contributed by atoms with Crippen LogP contribution in [0.5, 0.6) is 11.5 Å². The molecular formula is C49H55N6O9PS2. The monoisotopic (exact) mass is 966 g/mol. The first-order valence-electron chi connectivity index (χ1n) is 22.1. The molecule has 8 rings (SSSR count). The summed E-state index contributed by atoms with van der Waals surface area (Å²) in [5.74, 6) is 1.98. The van der Waals surface area contributed by atoms with Gasteiger partial charge in [0.05, 0.1) is 27.2 Å². The minimum absolute atomic E-state index is 0.0122. The van der Waals surface area contributed by atoms with Crippen molar-refractivity contribution in [2.24, 2.45) is 5.92 Å². The zero-order valence-electron chi connectivity index (χ0n) is 38.0. The molecule has 15 nitrogen and oxygen atoms in total. The van der Waals surface area contributed by atoms with Crippen molar-refractivity contribution in [3.05, 3.63) is 148 Å². The number of aromatic nitrogens is 4. The zero-order chi connectivity index (χ0) is 46.9. The van der Waals surface area contributed by atoms with E-state index in [0.29, 0.717) is 28.6 Å². The van der Waals surface area contributed by atoms with Crippen molar-refractivity contribution in [2.75, 3.05) is 57.8 Å². The van der Waals surface area contributed by atoms with Crippen molar-refractivity contribution in [3.63, 3.8) is 0 Å². The predicted octanol–water partition coefficient (Wildman–Crippen LogP) is 8.67. The number of carbonyl (C=O) groups is 2. The number of benzene rings is 4. The molecule has 2 aliphatic rings. The number of nitrogens with zero attached hydrogens (tertiary/aromatic N) is 4. The van der Waals surface area contributed by atoms with Crippen LogP contribution in [-0.4, -0.2) is 106 Å². The highest BCUT2D eigenvalue weighted by Gasteiger charge is 2.51. The van der Waals surface area contributed by atoms with Gasteiger partial charge in [-0.3, -0.25) is 33.9 Å². The van der Waals surface area contributed by atoms with Crippen LogP contribution in [0.25, 0.3) is 11.2 Å².